The average molecular weight is 288 g/mol. The van der Waals surface area contributed by atoms with Crippen LogP contribution in [0.2, 0.25) is 0 Å². The van der Waals surface area contributed by atoms with Gasteiger partial charge in [-0.15, -0.1) is 0 Å². The Balaban J connectivity index is 2.43. The third-order valence-electron chi connectivity index (χ3n) is 3.25. The third-order valence-corrected chi connectivity index (χ3v) is 3.25. The molecule has 0 aromatic rings. The van der Waals surface area contributed by atoms with Gasteiger partial charge in [-0.25, -0.2) is 0 Å². The Hall–Kier alpha value is -1.18. The van der Waals surface area contributed by atoms with Crippen molar-refractivity contribution >= 4 is 11.9 Å². The second-order valence-electron chi connectivity index (χ2n) is 5.49. The van der Waals surface area contributed by atoms with Crippen LogP contribution in [0.1, 0.15) is 26.7 Å². The smallest absolute Gasteiger partial charge is 0.306 e. The Labute approximate surface area is 118 Å². The van der Waals surface area contributed by atoms with E-state index in [9.17, 15) is 14.7 Å². The second-order valence-corrected chi connectivity index (χ2v) is 5.49. The van der Waals surface area contributed by atoms with Crippen molar-refractivity contribution in [3.63, 3.8) is 0 Å². The largest absolute Gasteiger partial charge is 0.481 e. The first-order valence-electron chi connectivity index (χ1n) is 6.88. The fourth-order valence-corrected chi connectivity index (χ4v) is 2.14. The van der Waals surface area contributed by atoms with Gasteiger partial charge >= 0.3 is 5.97 Å². The van der Waals surface area contributed by atoms with Gasteiger partial charge in [0, 0.05) is 12.6 Å². The van der Waals surface area contributed by atoms with Gasteiger partial charge in [0.05, 0.1) is 31.2 Å². The number of rotatable bonds is 8. The maximum absolute atomic E-state index is 12.1. The molecule has 1 rings (SSSR count). The number of carboxylic acids is 1. The highest BCUT2D eigenvalue weighted by atomic mass is 16.5. The molecule has 4 N–H and O–H groups in total. The van der Waals surface area contributed by atoms with Crippen LogP contribution in [-0.4, -0.2) is 60.0 Å². The number of amides is 1. The molecule has 1 saturated heterocycles. The van der Waals surface area contributed by atoms with E-state index in [1.165, 1.54) is 6.92 Å². The van der Waals surface area contributed by atoms with Crippen molar-refractivity contribution in [3.8, 4) is 0 Å². The second kappa shape index (κ2) is 7.56. The minimum Gasteiger partial charge on any atom is -0.481 e. The van der Waals surface area contributed by atoms with Gasteiger partial charge in [-0.1, -0.05) is 6.92 Å². The summed E-state index contributed by atoms with van der Waals surface area (Å²) in [4.78, 5) is 22.6. The van der Waals surface area contributed by atoms with Crippen LogP contribution in [0.3, 0.4) is 0 Å². The van der Waals surface area contributed by atoms with Gasteiger partial charge in [0.2, 0.25) is 5.91 Å². The van der Waals surface area contributed by atoms with Gasteiger partial charge in [0.25, 0.3) is 0 Å². The van der Waals surface area contributed by atoms with Crippen molar-refractivity contribution in [2.24, 2.45) is 5.92 Å². The molecule has 0 spiro atoms. The Kier molecular flexibility index (Phi) is 6.38. The normalized spacial score (nSPS) is 25.1. The first kappa shape index (κ1) is 16.9. The maximum Gasteiger partial charge on any atom is 0.306 e. The molecule has 0 bridgehead atoms. The van der Waals surface area contributed by atoms with E-state index in [2.05, 4.69) is 10.6 Å². The molecule has 7 nitrogen and oxygen atoms in total. The van der Waals surface area contributed by atoms with Crippen LogP contribution in [-0.2, 0) is 14.3 Å². The lowest BCUT2D eigenvalue weighted by Gasteiger charge is -2.24. The number of carboxylic acid groups (broad SMARTS) is 1. The first-order chi connectivity index (χ1) is 9.35. The zero-order chi connectivity index (χ0) is 15.2. The van der Waals surface area contributed by atoms with E-state index < -0.39 is 18.0 Å². The lowest BCUT2D eigenvalue weighted by molar-refractivity contribution is -0.142. The molecule has 7 heteroatoms. The zero-order valence-corrected chi connectivity index (χ0v) is 12.0. The van der Waals surface area contributed by atoms with Gasteiger partial charge in [0.15, 0.2) is 0 Å². The van der Waals surface area contributed by atoms with Crippen LogP contribution >= 0.6 is 0 Å². The standard InChI is InChI=1S/C13H24N2O5/c1-3-4-14-10-7-20-6-9(10)12(18)15-8-13(2,19)5-11(16)17/h9-10,14,19H,3-8H2,1-2H3,(H,15,18)(H,16,17). The summed E-state index contributed by atoms with van der Waals surface area (Å²) in [5.74, 6) is -1.63. The van der Waals surface area contributed by atoms with Gasteiger partial charge in [0.1, 0.15) is 0 Å². The number of nitrogens with one attached hydrogen (secondary N) is 2. The van der Waals surface area contributed by atoms with Crippen molar-refractivity contribution in [1.29, 1.82) is 0 Å². The molecule has 1 amide bonds. The van der Waals surface area contributed by atoms with Crippen LogP contribution in [0.15, 0.2) is 0 Å². The summed E-state index contributed by atoms with van der Waals surface area (Å²) >= 11 is 0. The fraction of sp³-hybridized carbons (Fsp3) is 0.846. The summed E-state index contributed by atoms with van der Waals surface area (Å²) in [5, 5.41) is 24.4. The predicted molar refractivity (Wildman–Crippen MR) is 72.3 cm³/mol. The molecular formula is C13H24N2O5. The van der Waals surface area contributed by atoms with E-state index in [0.29, 0.717) is 13.2 Å². The highest BCUT2D eigenvalue weighted by Crippen LogP contribution is 2.15. The van der Waals surface area contributed by atoms with E-state index in [4.69, 9.17) is 9.84 Å². The monoisotopic (exact) mass is 288 g/mol. The number of aliphatic hydroxyl groups is 1. The summed E-state index contributed by atoms with van der Waals surface area (Å²) in [6.45, 7) is 4.99. The zero-order valence-electron chi connectivity index (χ0n) is 12.0. The summed E-state index contributed by atoms with van der Waals surface area (Å²) < 4.78 is 5.30. The SMILES string of the molecule is CCCNC1COCC1C(=O)NCC(C)(O)CC(=O)O. The molecule has 3 atom stereocenters. The fourth-order valence-electron chi connectivity index (χ4n) is 2.14. The summed E-state index contributed by atoms with van der Waals surface area (Å²) in [6.07, 6.45) is 0.560. The Morgan fingerprint density at radius 3 is 2.70 bits per heavy atom. The van der Waals surface area contributed by atoms with Crippen molar-refractivity contribution in [2.45, 2.75) is 38.3 Å². The molecule has 0 saturated carbocycles. The van der Waals surface area contributed by atoms with Crippen molar-refractivity contribution < 1.29 is 24.5 Å². The highest BCUT2D eigenvalue weighted by Gasteiger charge is 2.34. The van der Waals surface area contributed by atoms with E-state index in [1.54, 1.807) is 0 Å². The quantitative estimate of drug-likeness (QED) is 0.472. The average Bonchev–Trinajstić information content (AvgIpc) is 2.80. The molecule has 116 valence electrons. The highest BCUT2D eigenvalue weighted by molar-refractivity contribution is 5.80. The van der Waals surface area contributed by atoms with E-state index in [1.807, 2.05) is 6.92 Å². The van der Waals surface area contributed by atoms with Gasteiger partial charge in [-0.2, -0.15) is 0 Å². The molecule has 20 heavy (non-hydrogen) atoms. The van der Waals surface area contributed by atoms with Gasteiger partial charge < -0.3 is 25.6 Å². The van der Waals surface area contributed by atoms with Crippen molar-refractivity contribution in [3.05, 3.63) is 0 Å². The third kappa shape index (κ3) is 5.44. The van der Waals surface area contributed by atoms with Crippen LogP contribution in [0, 0.1) is 5.92 Å². The van der Waals surface area contributed by atoms with Crippen LogP contribution in [0.25, 0.3) is 0 Å². The lowest BCUT2D eigenvalue weighted by atomic mass is 10.00. The Bertz CT molecular complexity index is 346. The number of hydrogen-bond donors (Lipinski definition) is 4. The van der Waals surface area contributed by atoms with Crippen LogP contribution in [0.5, 0.6) is 0 Å². The molecule has 3 unspecified atom stereocenters. The number of aliphatic carboxylic acids is 1. The predicted octanol–water partition coefficient (Wildman–Crippen LogP) is -0.657. The minimum atomic E-state index is -1.45. The van der Waals surface area contributed by atoms with Crippen molar-refractivity contribution in [2.75, 3.05) is 26.3 Å². The van der Waals surface area contributed by atoms with Gasteiger partial charge in [-0.3, -0.25) is 9.59 Å². The Morgan fingerprint density at radius 2 is 2.10 bits per heavy atom. The molecular weight excluding hydrogens is 264 g/mol. The first-order valence-corrected chi connectivity index (χ1v) is 6.88. The minimum absolute atomic E-state index is 0.0284. The summed E-state index contributed by atoms with van der Waals surface area (Å²) in [7, 11) is 0. The topological polar surface area (TPSA) is 108 Å². The van der Waals surface area contributed by atoms with Crippen LogP contribution < -0.4 is 10.6 Å². The summed E-state index contributed by atoms with van der Waals surface area (Å²) in [5.41, 5.74) is -1.45. The van der Waals surface area contributed by atoms with E-state index in [0.717, 1.165) is 13.0 Å². The number of carbonyl (C=O) groups is 2. The van der Waals surface area contributed by atoms with E-state index in [-0.39, 0.29) is 24.4 Å². The van der Waals surface area contributed by atoms with Gasteiger partial charge in [-0.05, 0) is 19.9 Å². The maximum atomic E-state index is 12.1. The lowest BCUT2D eigenvalue weighted by Crippen LogP contribution is -2.48. The molecule has 0 radical (unpaired) electrons. The molecule has 1 fully saturated rings. The molecule has 0 aliphatic carbocycles. The summed E-state index contributed by atoms with van der Waals surface area (Å²) in [6, 6.07) is -0.0284. The Morgan fingerprint density at radius 1 is 1.40 bits per heavy atom. The molecule has 0 aromatic heterocycles. The molecule has 1 heterocycles. The molecule has 1 aliphatic rings. The van der Waals surface area contributed by atoms with Crippen LogP contribution in [0.4, 0.5) is 0 Å². The number of ether oxygens (including phenoxy) is 1. The number of hydrogen-bond acceptors (Lipinski definition) is 5. The number of carbonyl (C=O) groups excluding carboxylic acids is 1. The van der Waals surface area contributed by atoms with E-state index >= 15 is 0 Å². The molecule has 1 aliphatic heterocycles. The molecule has 0 aromatic carbocycles. The van der Waals surface area contributed by atoms with Crippen molar-refractivity contribution in [1.82, 2.24) is 10.6 Å².